The molecule has 1 aliphatic heterocycles. The molecule has 0 radical (unpaired) electrons. The van der Waals surface area contributed by atoms with E-state index in [1.807, 2.05) is 0 Å². The largest absolute Gasteiger partial charge is 0.494 e. The Morgan fingerprint density at radius 1 is 1.21 bits per heavy atom. The van der Waals surface area contributed by atoms with Crippen molar-refractivity contribution in [3.05, 3.63) is 77.5 Å². The summed E-state index contributed by atoms with van der Waals surface area (Å²) in [6.07, 6.45) is 6.79. The highest BCUT2D eigenvalue weighted by atomic mass is 19.1. The summed E-state index contributed by atoms with van der Waals surface area (Å²) in [5.74, 6) is -0.293. The van der Waals surface area contributed by atoms with Gasteiger partial charge in [0.1, 0.15) is 0 Å². The lowest BCUT2D eigenvalue weighted by Crippen LogP contribution is -2.29. The first-order chi connectivity index (χ1) is 18.5. The molecule has 10 nitrogen and oxygen atoms in total. The van der Waals surface area contributed by atoms with Gasteiger partial charge in [-0.15, -0.1) is 0 Å². The fraction of sp³-hybridized carbons (Fsp3) is 0.333. The third-order valence-corrected chi connectivity index (χ3v) is 6.50. The molecule has 5 rings (SSSR count). The van der Waals surface area contributed by atoms with Crippen molar-refractivity contribution >= 4 is 22.8 Å². The van der Waals surface area contributed by atoms with Crippen LogP contribution in [0.15, 0.2) is 55.0 Å². The number of hydrogen-bond donors (Lipinski definition) is 3. The smallest absolute Gasteiger partial charge is 0.252 e. The predicted octanol–water partition coefficient (Wildman–Crippen LogP) is 3.08. The van der Waals surface area contributed by atoms with Crippen LogP contribution in [0.5, 0.6) is 5.75 Å². The van der Waals surface area contributed by atoms with Gasteiger partial charge >= 0.3 is 0 Å². The monoisotopic (exact) mass is 520 g/mol. The number of aliphatic hydroxyl groups is 1. The number of benzene rings is 2. The number of aromatic nitrogens is 4. The van der Waals surface area contributed by atoms with Gasteiger partial charge in [0.2, 0.25) is 5.95 Å². The number of amides is 1. The van der Waals surface area contributed by atoms with Crippen molar-refractivity contribution in [3.8, 4) is 5.75 Å². The summed E-state index contributed by atoms with van der Waals surface area (Å²) in [5.41, 5.74) is 2.19. The zero-order valence-corrected chi connectivity index (χ0v) is 20.9. The van der Waals surface area contributed by atoms with Crippen molar-refractivity contribution in [2.75, 3.05) is 32.2 Å². The van der Waals surface area contributed by atoms with Gasteiger partial charge in [0.25, 0.3) is 5.91 Å². The third kappa shape index (κ3) is 5.74. The van der Waals surface area contributed by atoms with E-state index in [-0.39, 0.29) is 24.3 Å². The zero-order chi connectivity index (χ0) is 26.5. The number of methoxy groups -OCH3 is 1. The van der Waals surface area contributed by atoms with Gasteiger partial charge in [0, 0.05) is 48.2 Å². The Labute approximate surface area is 218 Å². The van der Waals surface area contributed by atoms with Gasteiger partial charge < -0.3 is 25.2 Å². The molecule has 4 aromatic rings. The summed E-state index contributed by atoms with van der Waals surface area (Å²) in [5, 5.41) is 20.6. The van der Waals surface area contributed by atoms with Crippen LogP contribution in [0.25, 0.3) is 10.9 Å². The Morgan fingerprint density at radius 2 is 2.05 bits per heavy atom. The molecule has 38 heavy (non-hydrogen) atoms. The normalized spacial score (nSPS) is 14.8. The van der Waals surface area contributed by atoms with Gasteiger partial charge in [-0.25, -0.2) is 14.4 Å². The number of carbonyl (C=O) groups is 1. The molecule has 3 N–H and O–H groups in total. The number of rotatable bonds is 9. The molecule has 0 bridgehead atoms. The summed E-state index contributed by atoms with van der Waals surface area (Å²) in [6.45, 7) is 1.62. The molecular weight excluding hydrogens is 491 g/mol. The lowest BCUT2D eigenvalue weighted by atomic mass is 10.0. The van der Waals surface area contributed by atoms with Crippen molar-refractivity contribution in [2.45, 2.75) is 31.5 Å². The maximum absolute atomic E-state index is 14.6. The van der Waals surface area contributed by atoms with E-state index in [1.54, 1.807) is 47.5 Å². The molecule has 1 amide bonds. The highest BCUT2D eigenvalue weighted by Crippen LogP contribution is 2.27. The molecule has 1 fully saturated rings. The van der Waals surface area contributed by atoms with E-state index < -0.39 is 11.9 Å². The Balaban J connectivity index is 1.41. The number of anilines is 1. The second kappa shape index (κ2) is 11.5. The van der Waals surface area contributed by atoms with Crippen LogP contribution in [0, 0.1) is 5.82 Å². The molecule has 1 aliphatic rings. The highest BCUT2D eigenvalue weighted by molar-refractivity contribution is 5.98. The van der Waals surface area contributed by atoms with E-state index >= 15 is 0 Å². The van der Waals surface area contributed by atoms with E-state index in [0.29, 0.717) is 47.9 Å². The van der Waals surface area contributed by atoms with Crippen LogP contribution in [0.1, 0.15) is 40.4 Å². The molecule has 1 atom stereocenters. The van der Waals surface area contributed by atoms with Crippen molar-refractivity contribution < 1.29 is 23.8 Å². The number of nitrogens with one attached hydrogen (secondary N) is 2. The third-order valence-electron chi connectivity index (χ3n) is 6.50. The van der Waals surface area contributed by atoms with Crippen LogP contribution in [0.4, 0.5) is 10.3 Å². The molecule has 0 spiro atoms. The lowest BCUT2D eigenvalue weighted by Gasteiger charge is -2.23. The summed E-state index contributed by atoms with van der Waals surface area (Å²) in [7, 11) is 1.39. The van der Waals surface area contributed by atoms with Crippen LogP contribution in [-0.4, -0.2) is 63.7 Å². The predicted molar refractivity (Wildman–Crippen MR) is 139 cm³/mol. The molecule has 3 heterocycles. The van der Waals surface area contributed by atoms with Crippen molar-refractivity contribution in [1.29, 1.82) is 0 Å². The van der Waals surface area contributed by atoms with E-state index in [2.05, 4.69) is 25.7 Å². The van der Waals surface area contributed by atoms with Crippen LogP contribution >= 0.6 is 0 Å². The Hall–Kier alpha value is -4.09. The molecule has 11 heteroatoms. The fourth-order valence-electron chi connectivity index (χ4n) is 4.45. The first-order valence-corrected chi connectivity index (χ1v) is 12.4. The minimum absolute atomic E-state index is 0.0837. The number of nitrogens with zero attached hydrogens (tertiary/aromatic N) is 4. The number of ether oxygens (including phenoxy) is 2. The lowest BCUT2D eigenvalue weighted by molar-refractivity contribution is 0.0903. The second-order valence-corrected chi connectivity index (χ2v) is 9.06. The molecule has 0 saturated carbocycles. The van der Waals surface area contributed by atoms with Crippen LogP contribution in [0.3, 0.4) is 0 Å². The van der Waals surface area contributed by atoms with Gasteiger partial charge in [0.05, 0.1) is 38.0 Å². The van der Waals surface area contributed by atoms with Crippen molar-refractivity contribution in [3.63, 3.8) is 0 Å². The molecule has 1 saturated heterocycles. The Morgan fingerprint density at radius 3 is 2.82 bits per heavy atom. The number of carbonyl (C=O) groups excluding carboxylic acids is 1. The Bertz CT molecular complexity index is 1420. The van der Waals surface area contributed by atoms with Crippen molar-refractivity contribution in [2.24, 2.45) is 0 Å². The van der Waals surface area contributed by atoms with E-state index in [4.69, 9.17) is 9.47 Å². The topological polar surface area (TPSA) is 123 Å². The first kappa shape index (κ1) is 25.6. The Kier molecular flexibility index (Phi) is 7.75. The summed E-state index contributed by atoms with van der Waals surface area (Å²) in [6, 6.07) is 9.29. The van der Waals surface area contributed by atoms with Crippen molar-refractivity contribution in [1.82, 2.24) is 25.1 Å². The summed E-state index contributed by atoms with van der Waals surface area (Å²) < 4.78 is 26.6. The van der Waals surface area contributed by atoms with Gasteiger partial charge in [0.15, 0.2) is 11.6 Å². The quantitative estimate of drug-likeness (QED) is 0.308. The number of halogens is 1. The maximum Gasteiger partial charge on any atom is 0.252 e. The van der Waals surface area contributed by atoms with Crippen LogP contribution in [-0.2, 0) is 11.3 Å². The number of fused-ring (bicyclic) bond motifs is 1. The standard InChI is InChI=1S/C27H29FN6O4/c1-37-24-5-4-17(12-22(24)28)25(20-15-30-34(16-20)8-9-35)33-26(36)18-2-3-19-14-29-27(32-23(19)13-18)31-21-6-10-38-11-7-21/h2-5,12-16,21,25,35H,6-11H2,1H3,(H,33,36)(H,29,31,32)/t25-/m0/s1. The van der Waals surface area contributed by atoms with E-state index in [0.717, 1.165) is 18.2 Å². The second-order valence-electron chi connectivity index (χ2n) is 9.06. The van der Waals surface area contributed by atoms with Crippen LogP contribution in [0.2, 0.25) is 0 Å². The minimum atomic E-state index is -0.692. The molecule has 198 valence electrons. The maximum atomic E-state index is 14.6. The molecular formula is C27H29FN6O4. The van der Waals surface area contributed by atoms with Crippen LogP contribution < -0.4 is 15.4 Å². The minimum Gasteiger partial charge on any atom is -0.494 e. The average molecular weight is 521 g/mol. The van der Waals surface area contributed by atoms with E-state index in [9.17, 15) is 14.3 Å². The van der Waals surface area contributed by atoms with E-state index in [1.165, 1.54) is 19.2 Å². The molecule has 0 aliphatic carbocycles. The first-order valence-electron chi connectivity index (χ1n) is 12.4. The summed E-state index contributed by atoms with van der Waals surface area (Å²) in [4.78, 5) is 22.4. The van der Waals surface area contributed by atoms with Gasteiger partial charge in [-0.3, -0.25) is 9.48 Å². The number of aliphatic hydroxyl groups excluding tert-OH is 1. The number of hydrogen-bond acceptors (Lipinski definition) is 8. The highest BCUT2D eigenvalue weighted by Gasteiger charge is 2.22. The molecule has 0 unspecified atom stereocenters. The average Bonchev–Trinajstić information content (AvgIpc) is 3.40. The summed E-state index contributed by atoms with van der Waals surface area (Å²) >= 11 is 0. The zero-order valence-electron chi connectivity index (χ0n) is 20.9. The fourth-order valence-corrected chi connectivity index (χ4v) is 4.45. The SMILES string of the molecule is COc1ccc([C@H](NC(=O)c2ccc3cnc(NC4CCOCC4)nc3c2)c2cnn(CCO)c2)cc1F. The van der Waals surface area contributed by atoms with Gasteiger partial charge in [-0.05, 0) is 42.7 Å². The van der Waals surface area contributed by atoms with Gasteiger partial charge in [-0.1, -0.05) is 12.1 Å². The van der Waals surface area contributed by atoms with Gasteiger partial charge in [-0.2, -0.15) is 5.10 Å². The molecule has 2 aromatic heterocycles. The molecule has 2 aromatic carbocycles.